The Morgan fingerprint density at radius 2 is 2.00 bits per heavy atom. The molecule has 1 amide bonds. The van der Waals surface area contributed by atoms with Gasteiger partial charge in [0.1, 0.15) is 17.0 Å². The maximum Gasteiger partial charge on any atom is 0.280 e. The summed E-state index contributed by atoms with van der Waals surface area (Å²) in [4.78, 5) is 34.1. The van der Waals surface area contributed by atoms with Crippen LogP contribution in [0.25, 0.3) is 16.7 Å². The van der Waals surface area contributed by atoms with E-state index >= 15 is 0 Å². The van der Waals surface area contributed by atoms with Crippen LogP contribution in [0, 0.1) is 19.7 Å². The standard InChI is InChI=1S/C21H15ClFN5O2/c1-11-8-17-18(25-12(11)2)20(29)19(21(30)26-14-4-3-7-24-10-14)27-28(17)16-6-5-13(22)9-15(16)23/h3-10H,1-2H3,(H,26,30). The Kier molecular flexibility index (Phi) is 5.01. The molecule has 0 fully saturated rings. The molecule has 0 atom stereocenters. The van der Waals surface area contributed by atoms with E-state index in [-0.39, 0.29) is 21.7 Å². The van der Waals surface area contributed by atoms with Gasteiger partial charge >= 0.3 is 0 Å². The van der Waals surface area contributed by atoms with Gasteiger partial charge in [0.25, 0.3) is 5.91 Å². The number of amides is 1. The van der Waals surface area contributed by atoms with Gasteiger partial charge in [-0.3, -0.25) is 14.6 Å². The molecule has 9 heteroatoms. The molecular weight excluding hydrogens is 409 g/mol. The molecular formula is C21H15ClFN5O2. The van der Waals surface area contributed by atoms with Crippen LogP contribution in [0.4, 0.5) is 10.1 Å². The van der Waals surface area contributed by atoms with Crippen molar-refractivity contribution in [1.82, 2.24) is 19.7 Å². The Morgan fingerprint density at radius 1 is 1.20 bits per heavy atom. The smallest absolute Gasteiger partial charge is 0.280 e. The minimum atomic E-state index is -0.752. The molecule has 0 aliphatic rings. The van der Waals surface area contributed by atoms with Crippen LogP contribution in [0.3, 0.4) is 0 Å². The largest absolute Gasteiger partial charge is 0.319 e. The van der Waals surface area contributed by atoms with Crippen LogP contribution in [-0.2, 0) is 0 Å². The number of nitrogens with zero attached hydrogens (tertiary/aromatic N) is 4. The molecule has 4 rings (SSSR count). The number of benzene rings is 1. The average molecular weight is 424 g/mol. The van der Waals surface area contributed by atoms with Gasteiger partial charge in [0.15, 0.2) is 5.69 Å². The molecule has 0 saturated heterocycles. The summed E-state index contributed by atoms with van der Waals surface area (Å²) in [5.74, 6) is -1.41. The molecule has 3 heterocycles. The summed E-state index contributed by atoms with van der Waals surface area (Å²) in [6, 6.07) is 8.99. The summed E-state index contributed by atoms with van der Waals surface area (Å²) < 4.78 is 15.9. The van der Waals surface area contributed by atoms with Crippen molar-refractivity contribution in [3.8, 4) is 5.69 Å². The first-order chi connectivity index (χ1) is 14.3. The van der Waals surface area contributed by atoms with Crippen LogP contribution >= 0.6 is 11.6 Å². The number of carbonyl (C=O) groups excluding carboxylic acids is 1. The lowest BCUT2D eigenvalue weighted by Gasteiger charge is -2.14. The molecule has 150 valence electrons. The maximum absolute atomic E-state index is 14.7. The van der Waals surface area contributed by atoms with E-state index in [1.54, 1.807) is 31.3 Å². The first-order valence-electron chi connectivity index (χ1n) is 8.93. The number of rotatable bonds is 3. The number of aryl methyl sites for hydroxylation is 2. The summed E-state index contributed by atoms with van der Waals surface area (Å²) >= 11 is 5.86. The number of pyridine rings is 2. The van der Waals surface area contributed by atoms with Crippen molar-refractivity contribution in [3.05, 3.63) is 86.8 Å². The van der Waals surface area contributed by atoms with Gasteiger partial charge in [0.05, 0.1) is 17.4 Å². The molecule has 0 bridgehead atoms. The fourth-order valence-corrected chi connectivity index (χ4v) is 3.10. The Balaban J connectivity index is 1.98. The molecule has 3 aromatic heterocycles. The molecule has 7 nitrogen and oxygen atoms in total. The molecule has 0 unspecified atom stereocenters. The third-order valence-corrected chi connectivity index (χ3v) is 4.81. The second-order valence-corrected chi connectivity index (χ2v) is 7.08. The highest BCUT2D eigenvalue weighted by Gasteiger charge is 2.21. The van der Waals surface area contributed by atoms with Crippen molar-refractivity contribution in [3.63, 3.8) is 0 Å². The highest BCUT2D eigenvalue weighted by Crippen LogP contribution is 2.22. The third-order valence-electron chi connectivity index (χ3n) is 4.58. The number of fused-ring (bicyclic) bond motifs is 1. The predicted octanol–water partition coefficient (Wildman–Crippen LogP) is 3.84. The average Bonchev–Trinajstić information content (AvgIpc) is 2.71. The van der Waals surface area contributed by atoms with E-state index in [4.69, 9.17) is 11.6 Å². The summed E-state index contributed by atoms with van der Waals surface area (Å²) in [6.45, 7) is 3.56. The first kappa shape index (κ1) is 19.7. The minimum absolute atomic E-state index is 0.0128. The Bertz CT molecular complexity index is 1360. The number of anilines is 1. The van der Waals surface area contributed by atoms with Crippen molar-refractivity contribution in [1.29, 1.82) is 0 Å². The highest BCUT2D eigenvalue weighted by molar-refractivity contribution is 6.30. The summed E-state index contributed by atoms with van der Waals surface area (Å²) in [5, 5.41) is 6.96. The summed E-state index contributed by atoms with van der Waals surface area (Å²) in [7, 11) is 0. The van der Waals surface area contributed by atoms with E-state index in [9.17, 15) is 14.0 Å². The lowest BCUT2D eigenvalue weighted by atomic mass is 10.1. The summed E-state index contributed by atoms with van der Waals surface area (Å²) in [6.07, 6.45) is 2.98. The number of nitrogens with one attached hydrogen (secondary N) is 1. The van der Waals surface area contributed by atoms with Gasteiger partial charge in [-0.2, -0.15) is 5.10 Å². The Labute approximate surface area is 175 Å². The predicted molar refractivity (Wildman–Crippen MR) is 112 cm³/mol. The Hall–Kier alpha value is -3.65. The van der Waals surface area contributed by atoms with Crippen molar-refractivity contribution in [2.24, 2.45) is 0 Å². The number of hydrogen-bond acceptors (Lipinski definition) is 5. The summed E-state index contributed by atoms with van der Waals surface area (Å²) in [5.41, 5.74) is 1.05. The van der Waals surface area contributed by atoms with E-state index in [1.165, 1.54) is 23.0 Å². The quantitative estimate of drug-likeness (QED) is 0.540. The van der Waals surface area contributed by atoms with Gasteiger partial charge in [-0.05, 0) is 55.8 Å². The van der Waals surface area contributed by atoms with Crippen LogP contribution in [0.5, 0.6) is 0 Å². The monoisotopic (exact) mass is 423 g/mol. The zero-order valence-corrected chi connectivity index (χ0v) is 16.7. The number of aromatic nitrogens is 4. The number of hydrogen-bond donors (Lipinski definition) is 1. The van der Waals surface area contributed by atoms with Crippen molar-refractivity contribution in [2.75, 3.05) is 5.32 Å². The zero-order chi connectivity index (χ0) is 21.4. The molecule has 1 aromatic carbocycles. The van der Waals surface area contributed by atoms with Gasteiger partial charge in [0, 0.05) is 16.9 Å². The van der Waals surface area contributed by atoms with Crippen LogP contribution in [0.1, 0.15) is 21.7 Å². The van der Waals surface area contributed by atoms with Gasteiger partial charge in [-0.25, -0.2) is 14.1 Å². The fraction of sp³-hybridized carbons (Fsp3) is 0.0952. The van der Waals surface area contributed by atoms with Crippen LogP contribution in [0.2, 0.25) is 5.02 Å². The topological polar surface area (TPSA) is 89.8 Å². The van der Waals surface area contributed by atoms with Crippen LogP contribution < -0.4 is 10.7 Å². The van der Waals surface area contributed by atoms with Gasteiger partial charge in [-0.1, -0.05) is 11.6 Å². The Morgan fingerprint density at radius 3 is 2.70 bits per heavy atom. The number of carbonyl (C=O) groups is 1. The fourth-order valence-electron chi connectivity index (χ4n) is 2.94. The molecule has 0 aliphatic carbocycles. The zero-order valence-electron chi connectivity index (χ0n) is 16.0. The van der Waals surface area contributed by atoms with Gasteiger partial charge in [-0.15, -0.1) is 0 Å². The second kappa shape index (κ2) is 7.64. The molecule has 0 aliphatic heterocycles. The van der Waals surface area contributed by atoms with Gasteiger partial charge < -0.3 is 5.32 Å². The van der Waals surface area contributed by atoms with Crippen LogP contribution in [-0.4, -0.2) is 25.7 Å². The van der Waals surface area contributed by atoms with Crippen molar-refractivity contribution < 1.29 is 9.18 Å². The van der Waals surface area contributed by atoms with Crippen molar-refractivity contribution >= 4 is 34.2 Å². The molecule has 0 saturated carbocycles. The SMILES string of the molecule is Cc1cc2c(nc1C)c(=O)c(C(=O)Nc1cccnc1)nn2-c1ccc(Cl)cc1F. The van der Waals surface area contributed by atoms with Crippen molar-refractivity contribution in [2.45, 2.75) is 13.8 Å². The van der Waals surface area contributed by atoms with E-state index in [1.807, 2.05) is 6.92 Å². The second-order valence-electron chi connectivity index (χ2n) is 6.64. The van der Waals surface area contributed by atoms with E-state index < -0.39 is 22.8 Å². The van der Waals surface area contributed by atoms with Gasteiger partial charge in [0.2, 0.25) is 5.43 Å². The first-order valence-corrected chi connectivity index (χ1v) is 9.31. The van der Waals surface area contributed by atoms with E-state index in [0.29, 0.717) is 11.4 Å². The van der Waals surface area contributed by atoms with E-state index in [2.05, 4.69) is 20.4 Å². The third kappa shape index (κ3) is 3.53. The molecule has 30 heavy (non-hydrogen) atoms. The molecule has 4 aromatic rings. The number of halogens is 2. The minimum Gasteiger partial charge on any atom is -0.319 e. The van der Waals surface area contributed by atoms with Crippen LogP contribution in [0.15, 0.2) is 53.6 Å². The van der Waals surface area contributed by atoms with E-state index in [0.717, 1.165) is 11.6 Å². The molecule has 1 N–H and O–H groups in total. The molecule has 0 radical (unpaired) electrons. The molecule has 0 spiro atoms. The normalized spacial score (nSPS) is 10.9. The lowest BCUT2D eigenvalue weighted by molar-refractivity contribution is 0.102. The maximum atomic E-state index is 14.7. The lowest BCUT2D eigenvalue weighted by Crippen LogP contribution is -2.28. The highest BCUT2D eigenvalue weighted by atomic mass is 35.5.